The van der Waals surface area contributed by atoms with E-state index in [0.717, 1.165) is 22.7 Å². The molecule has 3 rings (SSSR count). The van der Waals surface area contributed by atoms with Crippen LogP contribution in [0.2, 0.25) is 0 Å². The molecule has 0 aliphatic carbocycles. The smallest absolute Gasteiger partial charge is 0.178 e. The molecule has 20 heavy (non-hydrogen) atoms. The van der Waals surface area contributed by atoms with E-state index in [0.29, 0.717) is 16.9 Å². The normalized spacial score (nSPS) is 11.2. The molecule has 2 nitrogen and oxygen atoms in total. The van der Waals surface area contributed by atoms with E-state index in [1.54, 1.807) is 6.07 Å². The lowest BCUT2D eigenvalue weighted by Gasteiger charge is -2.06. The SMILES string of the molecule is Cc1ccc2[nH]c(=S)n(Cc3ccc(F)c(F)c3)c2c1. The van der Waals surface area contributed by atoms with E-state index < -0.39 is 11.6 Å². The maximum Gasteiger partial charge on any atom is 0.178 e. The minimum Gasteiger partial charge on any atom is -0.331 e. The van der Waals surface area contributed by atoms with Gasteiger partial charge in [-0.2, -0.15) is 0 Å². The summed E-state index contributed by atoms with van der Waals surface area (Å²) in [6.07, 6.45) is 0. The first-order chi connectivity index (χ1) is 9.54. The van der Waals surface area contributed by atoms with Crippen LogP contribution in [0.5, 0.6) is 0 Å². The van der Waals surface area contributed by atoms with E-state index >= 15 is 0 Å². The average molecular weight is 290 g/mol. The number of rotatable bonds is 2. The fourth-order valence-electron chi connectivity index (χ4n) is 2.24. The van der Waals surface area contributed by atoms with Gasteiger partial charge >= 0.3 is 0 Å². The maximum absolute atomic E-state index is 13.3. The van der Waals surface area contributed by atoms with Gasteiger partial charge in [-0.1, -0.05) is 12.1 Å². The Hall–Kier alpha value is -2.01. The number of hydrogen-bond acceptors (Lipinski definition) is 1. The molecular formula is C15H12F2N2S. The predicted molar refractivity (Wildman–Crippen MR) is 77.3 cm³/mol. The lowest BCUT2D eigenvalue weighted by Crippen LogP contribution is -2.01. The van der Waals surface area contributed by atoms with Crippen molar-refractivity contribution in [2.45, 2.75) is 13.5 Å². The largest absolute Gasteiger partial charge is 0.331 e. The van der Waals surface area contributed by atoms with Crippen molar-refractivity contribution < 1.29 is 8.78 Å². The molecule has 0 saturated heterocycles. The maximum atomic E-state index is 13.3. The van der Waals surface area contributed by atoms with Crippen molar-refractivity contribution in [2.24, 2.45) is 0 Å². The number of H-pyrrole nitrogens is 1. The molecule has 2 aromatic carbocycles. The summed E-state index contributed by atoms with van der Waals surface area (Å²) in [4.78, 5) is 3.11. The third-order valence-corrected chi connectivity index (χ3v) is 3.58. The van der Waals surface area contributed by atoms with E-state index in [4.69, 9.17) is 12.2 Å². The number of nitrogens with zero attached hydrogens (tertiary/aromatic N) is 1. The summed E-state index contributed by atoms with van der Waals surface area (Å²) in [6, 6.07) is 9.87. The molecule has 1 N–H and O–H groups in total. The van der Waals surface area contributed by atoms with Crippen LogP contribution in [0.3, 0.4) is 0 Å². The first kappa shape index (κ1) is 13.0. The zero-order valence-corrected chi connectivity index (χ0v) is 11.6. The number of imidazole rings is 1. The Morgan fingerprint density at radius 1 is 1.10 bits per heavy atom. The molecule has 0 radical (unpaired) electrons. The Bertz CT molecular complexity index is 849. The molecule has 0 fully saturated rings. The van der Waals surface area contributed by atoms with Gasteiger partial charge in [-0.3, -0.25) is 0 Å². The Morgan fingerprint density at radius 3 is 2.65 bits per heavy atom. The molecule has 0 spiro atoms. The highest BCUT2D eigenvalue weighted by Crippen LogP contribution is 2.18. The lowest BCUT2D eigenvalue weighted by molar-refractivity contribution is 0.506. The number of fused-ring (bicyclic) bond motifs is 1. The highest BCUT2D eigenvalue weighted by Gasteiger charge is 2.07. The average Bonchev–Trinajstić information content (AvgIpc) is 2.70. The Morgan fingerprint density at radius 2 is 1.90 bits per heavy atom. The van der Waals surface area contributed by atoms with Gasteiger partial charge in [0, 0.05) is 0 Å². The van der Waals surface area contributed by atoms with E-state index in [-0.39, 0.29) is 0 Å². The molecule has 0 unspecified atom stereocenters. The summed E-state index contributed by atoms with van der Waals surface area (Å²) in [5.74, 6) is -1.68. The quantitative estimate of drug-likeness (QED) is 0.697. The number of aromatic amines is 1. The molecule has 1 heterocycles. The van der Waals surface area contributed by atoms with Crippen LogP contribution < -0.4 is 0 Å². The minimum absolute atomic E-state index is 0.402. The van der Waals surface area contributed by atoms with E-state index in [2.05, 4.69) is 4.98 Å². The highest BCUT2D eigenvalue weighted by atomic mass is 32.1. The second kappa shape index (κ2) is 4.83. The topological polar surface area (TPSA) is 20.7 Å². The number of benzene rings is 2. The van der Waals surface area contributed by atoms with Crippen LogP contribution in [0.4, 0.5) is 8.78 Å². The number of halogens is 2. The van der Waals surface area contributed by atoms with E-state index in [1.807, 2.05) is 29.7 Å². The zero-order valence-electron chi connectivity index (χ0n) is 10.8. The van der Waals surface area contributed by atoms with Crippen LogP contribution in [0.25, 0.3) is 11.0 Å². The van der Waals surface area contributed by atoms with Crippen LogP contribution in [0, 0.1) is 23.3 Å². The molecule has 0 amide bonds. The van der Waals surface area contributed by atoms with Crippen molar-refractivity contribution >= 4 is 23.3 Å². The van der Waals surface area contributed by atoms with Crippen molar-refractivity contribution in [1.29, 1.82) is 0 Å². The van der Waals surface area contributed by atoms with E-state index in [1.165, 1.54) is 6.07 Å². The van der Waals surface area contributed by atoms with Gasteiger partial charge in [0.1, 0.15) is 0 Å². The molecule has 0 bridgehead atoms. The van der Waals surface area contributed by atoms with Gasteiger partial charge in [-0.25, -0.2) is 8.78 Å². The van der Waals surface area contributed by atoms with Gasteiger partial charge < -0.3 is 9.55 Å². The third-order valence-electron chi connectivity index (χ3n) is 3.26. The van der Waals surface area contributed by atoms with Crippen molar-refractivity contribution in [3.05, 3.63) is 63.9 Å². The number of aromatic nitrogens is 2. The van der Waals surface area contributed by atoms with Gasteiger partial charge in [0.05, 0.1) is 17.6 Å². The second-order valence-corrected chi connectivity index (χ2v) is 5.17. The molecule has 1 aromatic heterocycles. The predicted octanol–water partition coefficient (Wildman–Crippen LogP) is 4.33. The molecule has 5 heteroatoms. The van der Waals surface area contributed by atoms with Gasteiger partial charge in [0.2, 0.25) is 0 Å². The number of nitrogens with one attached hydrogen (secondary N) is 1. The fraction of sp³-hybridized carbons (Fsp3) is 0.133. The molecule has 102 valence electrons. The minimum atomic E-state index is -0.843. The van der Waals surface area contributed by atoms with Gasteiger partial charge in [-0.15, -0.1) is 0 Å². The van der Waals surface area contributed by atoms with Gasteiger partial charge in [0.25, 0.3) is 0 Å². The summed E-state index contributed by atoms with van der Waals surface area (Å²) in [6.45, 7) is 2.40. The standard InChI is InChI=1S/C15H12F2N2S/c1-9-2-5-13-14(6-9)19(15(20)18-13)8-10-3-4-11(16)12(17)7-10/h2-7H,8H2,1H3,(H,18,20). The zero-order chi connectivity index (χ0) is 14.3. The number of aryl methyl sites for hydroxylation is 1. The first-order valence-electron chi connectivity index (χ1n) is 6.18. The van der Waals surface area contributed by atoms with Crippen LogP contribution in [0.15, 0.2) is 36.4 Å². The van der Waals surface area contributed by atoms with Crippen molar-refractivity contribution in [2.75, 3.05) is 0 Å². The molecule has 0 atom stereocenters. The molecular weight excluding hydrogens is 278 g/mol. The number of hydrogen-bond donors (Lipinski definition) is 1. The highest BCUT2D eigenvalue weighted by molar-refractivity contribution is 7.71. The molecule has 0 saturated carbocycles. The monoisotopic (exact) mass is 290 g/mol. The Labute approximate surface area is 119 Å². The molecule has 3 aromatic rings. The van der Waals surface area contributed by atoms with Gasteiger partial charge in [-0.05, 0) is 54.5 Å². The molecule has 0 aliphatic heterocycles. The fourth-order valence-corrected chi connectivity index (χ4v) is 2.51. The Balaban J connectivity index is 2.10. The Kier molecular flexibility index (Phi) is 3.14. The molecule has 0 aliphatic rings. The summed E-state index contributed by atoms with van der Waals surface area (Å²) in [7, 11) is 0. The van der Waals surface area contributed by atoms with E-state index in [9.17, 15) is 8.78 Å². The summed E-state index contributed by atoms with van der Waals surface area (Å²) in [5.41, 5.74) is 3.68. The van der Waals surface area contributed by atoms with Crippen LogP contribution in [-0.2, 0) is 6.54 Å². The first-order valence-corrected chi connectivity index (χ1v) is 6.58. The van der Waals surface area contributed by atoms with Crippen molar-refractivity contribution in [1.82, 2.24) is 9.55 Å². The lowest BCUT2D eigenvalue weighted by atomic mass is 10.2. The van der Waals surface area contributed by atoms with Gasteiger partial charge in [0.15, 0.2) is 16.4 Å². The summed E-state index contributed by atoms with van der Waals surface area (Å²) >= 11 is 5.29. The van der Waals surface area contributed by atoms with Crippen molar-refractivity contribution in [3.63, 3.8) is 0 Å². The summed E-state index contributed by atoms with van der Waals surface area (Å²) in [5, 5.41) is 0. The summed E-state index contributed by atoms with van der Waals surface area (Å²) < 4.78 is 28.7. The third kappa shape index (κ3) is 2.25. The van der Waals surface area contributed by atoms with Crippen LogP contribution in [-0.4, -0.2) is 9.55 Å². The van der Waals surface area contributed by atoms with Crippen LogP contribution >= 0.6 is 12.2 Å². The van der Waals surface area contributed by atoms with Crippen LogP contribution in [0.1, 0.15) is 11.1 Å². The second-order valence-electron chi connectivity index (χ2n) is 4.79. The van der Waals surface area contributed by atoms with Crippen molar-refractivity contribution in [3.8, 4) is 0 Å².